The lowest BCUT2D eigenvalue weighted by molar-refractivity contribution is -0.130. The second-order valence-electron chi connectivity index (χ2n) is 12.4. The maximum absolute atomic E-state index is 13.4. The predicted octanol–water partition coefficient (Wildman–Crippen LogP) is 4.03. The third-order valence-corrected chi connectivity index (χ3v) is 10.4. The number of hydrogen-bond acceptors (Lipinski definition) is 10. The number of halogens is 1. The Morgan fingerprint density at radius 2 is 1.87 bits per heavy atom. The molecule has 2 saturated carbocycles. The Labute approximate surface area is 278 Å². The van der Waals surface area contributed by atoms with Crippen molar-refractivity contribution in [3.8, 4) is 23.0 Å². The molecule has 14 heteroatoms. The van der Waals surface area contributed by atoms with Crippen LogP contribution in [0.4, 0.5) is 0 Å². The molecule has 1 aliphatic heterocycles. The highest BCUT2D eigenvalue weighted by Gasteiger charge is 2.61. The summed E-state index contributed by atoms with van der Waals surface area (Å²) in [5.74, 6) is -0.0827. The molecule has 2 aromatic carbocycles. The van der Waals surface area contributed by atoms with Crippen molar-refractivity contribution in [2.45, 2.75) is 68.6 Å². The lowest BCUT2D eigenvalue weighted by Gasteiger charge is -2.21. The summed E-state index contributed by atoms with van der Waals surface area (Å²) >= 11 is 0. The van der Waals surface area contributed by atoms with Crippen LogP contribution in [0.3, 0.4) is 0 Å². The first-order valence-electron chi connectivity index (χ1n) is 15.4. The number of nitrogens with one attached hydrogen (secondary N) is 3. The molecule has 4 aromatic rings. The Morgan fingerprint density at radius 3 is 2.55 bits per heavy atom. The largest absolute Gasteiger partial charge is 0.491 e. The number of aromatic nitrogens is 2. The van der Waals surface area contributed by atoms with Gasteiger partial charge in [0.2, 0.25) is 21.5 Å². The Hall–Kier alpha value is -4.20. The number of rotatable bonds is 11. The van der Waals surface area contributed by atoms with Crippen molar-refractivity contribution in [1.29, 1.82) is 0 Å². The number of fused-ring (bicyclic) bond motifs is 3. The van der Waals surface area contributed by atoms with Crippen molar-refractivity contribution in [2.75, 3.05) is 6.54 Å². The van der Waals surface area contributed by atoms with E-state index in [1.807, 2.05) is 62.4 Å². The third-order valence-electron chi connectivity index (χ3n) is 8.61. The van der Waals surface area contributed by atoms with E-state index in [0.29, 0.717) is 41.9 Å². The Morgan fingerprint density at radius 1 is 1.13 bits per heavy atom. The first kappa shape index (κ1) is 32.7. The summed E-state index contributed by atoms with van der Waals surface area (Å²) in [7, 11) is -3.77. The summed E-state index contributed by atoms with van der Waals surface area (Å²) in [4.78, 5) is 36.0. The molecule has 1 saturated heterocycles. The minimum Gasteiger partial charge on any atom is -0.491 e. The van der Waals surface area contributed by atoms with Crippen molar-refractivity contribution < 1.29 is 31.9 Å². The highest BCUT2D eigenvalue weighted by molar-refractivity contribution is 7.91. The first-order valence-corrected chi connectivity index (χ1v) is 17.0. The van der Waals surface area contributed by atoms with Gasteiger partial charge >= 0.3 is 0 Å². The zero-order valence-corrected chi connectivity index (χ0v) is 27.5. The summed E-state index contributed by atoms with van der Waals surface area (Å²) in [6.45, 7) is 8.01. The fourth-order valence-corrected chi connectivity index (χ4v) is 7.27. The number of furan rings is 1. The summed E-state index contributed by atoms with van der Waals surface area (Å²) in [6, 6.07) is 14.4. The van der Waals surface area contributed by atoms with Crippen molar-refractivity contribution in [2.24, 2.45) is 5.92 Å². The van der Waals surface area contributed by atoms with E-state index in [4.69, 9.17) is 23.9 Å². The lowest BCUT2D eigenvalue weighted by atomic mass is 10.1. The van der Waals surface area contributed by atoms with Gasteiger partial charge < -0.3 is 24.5 Å². The number of carbonyl (C=O) groups is 2. The van der Waals surface area contributed by atoms with Gasteiger partial charge in [0.1, 0.15) is 28.5 Å². The van der Waals surface area contributed by atoms with Gasteiger partial charge in [0.25, 0.3) is 11.8 Å². The van der Waals surface area contributed by atoms with Crippen LogP contribution in [0.1, 0.15) is 39.5 Å². The number of amides is 2. The minimum absolute atomic E-state index is 0. The molecule has 0 bridgehead atoms. The Bertz CT molecular complexity index is 1960. The topological polar surface area (TPSA) is 162 Å². The number of hydrogen-bond donors (Lipinski definition) is 3. The second-order valence-corrected chi connectivity index (χ2v) is 14.4. The zero-order chi connectivity index (χ0) is 32.2. The molecule has 7 rings (SSSR count). The summed E-state index contributed by atoms with van der Waals surface area (Å²) in [5.41, 5.74) is 1.07. The molecule has 12 nitrogen and oxygen atoms in total. The van der Waals surface area contributed by atoms with Crippen LogP contribution in [-0.2, 0) is 19.6 Å². The standard InChI is InChI=1S/C33H35N5O7S.ClH/c1-4-20-16-33(20,32(40)38-46(41,42)23-13-14-23)37-30(39)25-15-22(17-34-25)44-31-28-27(24-7-5-6-8-26(24)45-28)35-29(36-31)19-9-11-21(12-10-19)43-18(2)3;/h4-12,18,20,22-23,25,34H,1,13-17H2,2-3H3,(H,37,39)(H,38,40);1H/t20-,22?,25?,33?;/m1./s1. The van der Waals surface area contributed by atoms with E-state index in [2.05, 4.69) is 21.9 Å². The molecule has 3 aliphatic rings. The average Bonchev–Trinajstić information content (AvgIpc) is 3.92. The van der Waals surface area contributed by atoms with E-state index in [1.54, 1.807) is 6.08 Å². The summed E-state index contributed by atoms with van der Waals surface area (Å²) in [6.07, 6.45) is 2.76. The number of para-hydroxylation sites is 1. The number of carbonyl (C=O) groups excluding carboxylic acids is 2. The van der Waals surface area contributed by atoms with Gasteiger partial charge in [-0.15, -0.1) is 19.0 Å². The third kappa shape index (κ3) is 6.39. The van der Waals surface area contributed by atoms with Crippen LogP contribution >= 0.6 is 12.4 Å². The van der Waals surface area contributed by atoms with Crippen LogP contribution in [0, 0.1) is 5.92 Å². The van der Waals surface area contributed by atoms with Gasteiger partial charge in [-0.1, -0.05) is 18.2 Å². The van der Waals surface area contributed by atoms with Gasteiger partial charge in [-0.3, -0.25) is 14.3 Å². The molecule has 0 spiro atoms. The molecule has 2 amide bonds. The molecule has 2 aliphatic carbocycles. The molecule has 3 heterocycles. The van der Waals surface area contributed by atoms with E-state index in [0.717, 1.165) is 16.7 Å². The lowest BCUT2D eigenvalue weighted by Crippen LogP contribution is -2.55. The van der Waals surface area contributed by atoms with Crippen LogP contribution in [0.15, 0.2) is 65.6 Å². The van der Waals surface area contributed by atoms with Crippen molar-refractivity contribution in [1.82, 2.24) is 25.3 Å². The SMILES string of the molecule is C=C[C@@H]1CC1(NC(=O)C1CC(Oc2nc(-c3ccc(OC(C)C)cc3)nc3c2oc2ccccc23)CN1)C(=O)NS(=O)(=O)C1CC1.Cl. The van der Waals surface area contributed by atoms with Crippen LogP contribution < -0.4 is 24.8 Å². The van der Waals surface area contributed by atoms with E-state index >= 15 is 0 Å². The highest BCUT2D eigenvalue weighted by Crippen LogP contribution is 2.45. The van der Waals surface area contributed by atoms with Gasteiger partial charge in [-0.25, -0.2) is 13.4 Å². The monoisotopic (exact) mass is 681 g/mol. The number of benzene rings is 2. The molecule has 248 valence electrons. The molecular formula is C33H36ClN5O7S. The van der Waals surface area contributed by atoms with E-state index in [-0.39, 0.29) is 43.2 Å². The Balaban J connectivity index is 0.00000386. The van der Waals surface area contributed by atoms with Crippen molar-refractivity contribution >= 4 is 56.3 Å². The van der Waals surface area contributed by atoms with Crippen molar-refractivity contribution in [3.63, 3.8) is 0 Å². The predicted molar refractivity (Wildman–Crippen MR) is 178 cm³/mol. The van der Waals surface area contributed by atoms with Crippen LogP contribution in [0.25, 0.3) is 33.5 Å². The molecule has 4 atom stereocenters. The van der Waals surface area contributed by atoms with Gasteiger partial charge in [0, 0.05) is 29.8 Å². The molecule has 3 fully saturated rings. The van der Waals surface area contributed by atoms with E-state index in [9.17, 15) is 18.0 Å². The fraction of sp³-hybridized carbons (Fsp3) is 0.394. The molecule has 0 radical (unpaired) electrons. The fourth-order valence-electron chi connectivity index (χ4n) is 5.90. The zero-order valence-electron chi connectivity index (χ0n) is 25.9. The second kappa shape index (κ2) is 12.4. The minimum atomic E-state index is -3.77. The van der Waals surface area contributed by atoms with E-state index in [1.165, 1.54) is 0 Å². The maximum atomic E-state index is 13.4. The average molecular weight is 682 g/mol. The smallest absolute Gasteiger partial charge is 0.262 e. The summed E-state index contributed by atoms with van der Waals surface area (Å²) < 4.78 is 45.3. The molecule has 47 heavy (non-hydrogen) atoms. The number of sulfonamides is 1. The number of ether oxygens (including phenoxy) is 2. The van der Waals surface area contributed by atoms with Crippen LogP contribution in [0.2, 0.25) is 0 Å². The van der Waals surface area contributed by atoms with Gasteiger partial charge in [-0.05, 0) is 69.5 Å². The Kier molecular flexibility index (Phi) is 8.66. The maximum Gasteiger partial charge on any atom is 0.262 e. The van der Waals surface area contributed by atoms with E-state index < -0.39 is 44.8 Å². The molecule has 3 N–H and O–H groups in total. The van der Waals surface area contributed by atoms with Gasteiger partial charge in [0.05, 0.1) is 17.4 Å². The van der Waals surface area contributed by atoms with Gasteiger partial charge in [0.15, 0.2) is 5.82 Å². The summed E-state index contributed by atoms with van der Waals surface area (Å²) in [5, 5.41) is 6.24. The molecule has 3 unspecified atom stereocenters. The normalized spacial score (nSPS) is 23.7. The highest BCUT2D eigenvalue weighted by atomic mass is 35.5. The van der Waals surface area contributed by atoms with Crippen molar-refractivity contribution in [3.05, 3.63) is 61.2 Å². The van der Waals surface area contributed by atoms with Crippen LogP contribution in [-0.4, -0.2) is 65.8 Å². The van der Waals surface area contributed by atoms with Crippen LogP contribution in [0.5, 0.6) is 11.6 Å². The molecule has 2 aromatic heterocycles. The quantitative estimate of drug-likeness (QED) is 0.197. The van der Waals surface area contributed by atoms with Gasteiger partial charge in [-0.2, -0.15) is 4.98 Å². The number of nitrogens with zero attached hydrogens (tertiary/aromatic N) is 2. The molecular weight excluding hydrogens is 646 g/mol. The first-order chi connectivity index (χ1) is 22.1.